The molecule has 1 aliphatic heterocycles. The number of carbonyl (C=O) groups excluding carboxylic acids is 1. The van der Waals surface area contributed by atoms with Crippen molar-refractivity contribution in [2.45, 2.75) is 13.3 Å². The molecule has 0 bridgehead atoms. The molecule has 0 aromatic carbocycles. The maximum Gasteiger partial charge on any atom is 0.263 e. The highest BCUT2D eigenvalue weighted by Crippen LogP contribution is 2.22. The first kappa shape index (κ1) is 15.6. The standard InChI is InChI=1S/C14H17N3O3.ClH/c1-10-11(9-13(18)17-6-4-15-5-7-17)16-14(20-10)12-3-2-8-19-12;/h2-3,8,15H,4-7,9H2,1H3;1H. The Morgan fingerprint density at radius 3 is 2.86 bits per heavy atom. The van der Waals surface area contributed by atoms with Crippen LogP contribution < -0.4 is 5.32 Å². The van der Waals surface area contributed by atoms with Crippen LogP contribution in [0.1, 0.15) is 11.5 Å². The van der Waals surface area contributed by atoms with Crippen molar-refractivity contribution in [3.63, 3.8) is 0 Å². The molecule has 1 aliphatic rings. The highest BCUT2D eigenvalue weighted by molar-refractivity contribution is 5.85. The van der Waals surface area contributed by atoms with Gasteiger partial charge in [-0.15, -0.1) is 12.4 Å². The molecule has 21 heavy (non-hydrogen) atoms. The lowest BCUT2D eigenvalue weighted by atomic mass is 10.2. The summed E-state index contributed by atoms with van der Waals surface area (Å²) in [5.41, 5.74) is 0.680. The molecule has 3 rings (SSSR count). The number of oxazole rings is 1. The number of rotatable bonds is 3. The largest absolute Gasteiger partial charge is 0.459 e. The molecule has 0 radical (unpaired) electrons. The SMILES string of the molecule is Cc1oc(-c2ccco2)nc1CC(=O)N1CCNCC1.Cl. The number of aromatic nitrogens is 1. The average Bonchev–Trinajstić information content (AvgIpc) is 3.10. The van der Waals surface area contributed by atoms with Crippen molar-refractivity contribution in [2.24, 2.45) is 0 Å². The number of halogens is 1. The first-order valence-electron chi connectivity index (χ1n) is 6.73. The first-order chi connectivity index (χ1) is 9.74. The van der Waals surface area contributed by atoms with Crippen molar-refractivity contribution in [3.8, 4) is 11.7 Å². The summed E-state index contributed by atoms with van der Waals surface area (Å²) in [4.78, 5) is 18.4. The molecule has 0 saturated carbocycles. The molecule has 1 amide bonds. The Morgan fingerprint density at radius 1 is 1.43 bits per heavy atom. The van der Waals surface area contributed by atoms with Crippen LogP contribution in [0.25, 0.3) is 11.7 Å². The molecular weight excluding hydrogens is 294 g/mol. The Balaban J connectivity index is 0.00000161. The Labute approximate surface area is 128 Å². The fourth-order valence-corrected chi connectivity index (χ4v) is 2.27. The van der Waals surface area contributed by atoms with Crippen LogP contribution in [0.2, 0.25) is 0 Å². The smallest absolute Gasteiger partial charge is 0.263 e. The second kappa shape index (κ2) is 6.78. The van der Waals surface area contributed by atoms with Crippen LogP contribution in [0.3, 0.4) is 0 Å². The molecule has 1 fully saturated rings. The van der Waals surface area contributed by atoms with Crippen molar-refractivity contribution in [1.29, 1.82) is 0 Å². The minimum Gasteiger partial charge on any atom is -0.459 e. The van der Waals surface area contributed by atoms with E-state index >= 15 is 0 Å². The Bertz CT molecular complexity index is 589. The first-order valence-corrected chi connectivity index (χ1v) is 6.73. The number of carbonyl (C=O) groups is 1. The predicted octanol–water partition coefficient (Wildman–Crippen LogP) is 1.64. The van der Waals surface area contributed by atoms with Crippen LogP contribution >= 0.6 is 12.4 Å². The molecule has 2 aromatic heterocycles. The van der Waals surface area contributed by atoms with E-state index in [2.05, 4.69) is 10.3 Å². The van der Waals surface area contributed by atoms with E-state index in [1.807, 2.05) is 11.8 Å². The van der Waals surface area contributed by atoms with Gasteiger partial charge in [-0.25, -0.2) is 4.98 Å². The second-order valence-electron chi connectivity index (χ2n) is 4.81. The number of piperazine rings is 1. The van der Waals surface area contributed by atoms with Gasteiger partial charge >= 0.3 is 0 Å². The van der Waals surface area contributed by atoms with Crippen molar-refractivity contribution in [3.05, 3.63) is 29.9 Å². The van der Waals surface area contributed by atoms with E-state index < -0.39 is 0 Å². The lowest BCUT2D eigenvalue weighted by Gasteiger charge is -2.27. The molecule has 1 saturated heterocycles. The van der Waals surface area contributed by atoms with Crippen molar-refractivity contribution in [1.82, 2.24) is 15.2 Å². The molecule has 0 unspecified atom stereocenters. The Kier molecular flexibility index (Phi) is 5.03. The Hall–Kier alpha value is -1.79. The number of aryl methyl sites for hydroxylation is 1. The summed E-state index contributed by atoms with van der Waals surface area (Å²) in [7, 11) is 0. The molecular formula is C14H18ClN3O3. The summed E-state index contributed by atoms with van der Waals surface area (Å²) in [6, 6.07) is 3.56. The molecule has 2 aromatic rings. The number of hydrogen-bond donors (Lipinski definition) is 1. The number of hydrogen-bond acceptors (Lipinski definition) is 5. The van der Waals surface area contributed by atoms with Crippen molar-refractivity contribution in [2.75, 3.05) is 26.2 Å². The van der Waals surface area contributed by atoms with Gasteiger partial charge in [-0.05, 0) is 19.1 Å². The van der Waals surface area contributed by atoms with Gasteiger partial charge < -0.3 is 19.1 Å². The lowest BCUT2D eigenvalue weighted by molar-refractivity contribution is -0.131. The number of nitrogens with zero attached hydrogens (tertiary/aromatic N) is 2. The molecule has 6 nitrogen and oxygen atoms in total. The molecule has 1 N–H and O–H groups in total. The maximum absolute atomic E-state index is 12.2. The molecule has 7 heteroatoms. The second-order valence-corrected chi connectivity index (χ2v) is 4.81. The van der Waals surface area contributed by atoms with Gasteiger partial charge in [-0.3, -0.25) is 4.79 Å². The van der Waals surface area contributed by atoms with E-state index in [1.165, 1.54) is 0 Å². The van der Waals surface area contributed by atoms with Gasteiger partial charge in [0, 0.05) is 26.2 Å². The summed E-state index contributed by atoms with van der Waals surface area (Å²) in [6.07, 6.45) is 1.84. The van der Waals surface area contributed by atoms with E-state index in [0.717, 1.165) is 26.2 Å². The van der Waals surface area contributed by atoms with Crippen molar-refractivity contribution < 1.29 is 13.6 Å². The van der Waals surface area contributed by atoms with Crippen LogP contribution in [0.5, 0.6) is 0 Å². The normalized spacial score (nSPS) is 14.8. The van der Waals surface area contributed by atoms with E-state index in [0.29, 0.717) is 23.1 Å². The van der Waals surface area contributed by atoms with Gasteiger partial charge in [0.25, 0.3) is 5.89 Å². The van der Waals surface area contributed by atoms with Crippen LogP contribution in [-0.4, -0.2) is 42.0 Å². The third kappa shape index (κ3) is 3.46. The third-order valence-corrected chi connectivity index (χ3v) is 3.41. The maximum atomic E-state index is 12.2. The zero-order chi connectivity index (χ0) is 13.9. The zero-order valence-corrected chi connectivity index (χ0v) is 12.6. The van der Waals surface area contributed by atoms with E-state index in [4.69, 9.17) is 8.83 Å². The lowest BCUT2D eigenvalue weighted by Crippen LogP contribution is -2.47. The highest BCUT2D eigenvalue weighted by Gasteiger charge is 2.20. The van der Waals surface area contributed by atoms with Gasteiger partial charge in [0.2, 0.25) is 5.91 Å². The van der Waals surface area contributed by atoms with Gasteiger partial charge in [-0.2, -0.15) is 0 Å². The number of amides is 1. The van der Waals surface area contributed by atoms with Crippen LogP contribution in [0.15, 0.2) is 27.2 Å². The number of nitrogens with one attached hydrogen (secondary N) is 1. The average molecular weight is 312 g/mol. The molecule has 114 valence electrons. The van der Waals surface area contributed by atoms with Gasteiger partial charge in [0.1, 0.15) is 5.76 Å². The number of furan rings is 1. The van der Waals surface area contributed by atoms with Crippen molar-refractivity contribution >= 4 is 18.3 Å². The van der Waals surface area contributed by atoms with Crippen LogP contribution in [-0.2, 0) is 11.2 Å². The minimum atomic E-state index is 0. The topological polar surface area (TPSA) is 71.5 Å². The summed E-state index contributed by atoms with van der Waals surface area (Å²) < 4.78 is 10.8. The summed E-state index contributed by atoms with van der Waals surface area (Å²) in [5.74, 6) is 1.76. The molecule has 0 atom stereocenters. The zero-order valence-electron chi connectivity index (χ0n) is 11.8. The molecule has 0 spiro atoms. The van der Waals surface area contributed by atoms with Gasteiger partial charge in [0.05, 0.1) is 18.4 Å². The minimum absolute atomic E-state index is 0. The quantitative estimate of drug-likeness (QED) is 0.933. The highest BCUT2D eigenvalue weighted by atomic mass is 35.5. The fraction of sp³-hybridized carbons (Fsp3) is 0.429. The van der Waals surface area contributed by atoms with E-state index in [1.54, 1.807) is 18.4 Å². The van der Waals surface area contributed by atoms with Gasteiger partial charge in [0.15, 0.2) is 5.76 Å². The molecule has 3 heterocycles. The summed E-state index contributed by atoms with van der Waals surface area (Å²) in [5, 5.41) is 3.23. The summed E-state index contributed by atoms with van der Waals surface area (Å²) in [6.45, 7) is 5.02. The monoisotopic (exact) mass is 311 g/mol. The fourth-order valence-electron chi connectivity index (χ4n) is 2.27. The van der Waals surface area contributed by atoms with E-state index in [9.17, 15) is 4.79 Å². The third-order valence-electron chi connectivity index (χ3n) is 3.41. The van der Waals surface area contributed by atoms with E-state index in [-0.39, 0.29) is 24.7 Å². The Morgan fingerprint density at radius 2 is 2.19 bits per heavy atom. The molecule has 0 aliphatic carbocycles. The predicted molar refractivity (Wildman–Crippen MR) is 79.3 cm³/mol. The van der Waals surface area contributed by atoms with Gasteiger partial charge in [-0.1, -0.05) is 0 Å². The van der Waals surface area contributed by atoms with Crippen LogP contribution in [0, 0.1) is 6.92 Å². The van der Waals surface area contributed by atoms with Crippen LogP contribution in [0.4, 0.5) is 0 Å². The summed E-state index contributed by atoms with van der Waals surface area (Å²) >= 11 is 0.